The van der Waals surface area contributed by atoms with Crippen LogP contribution in [0, 0.1) is 5.92 Å². The number of benzene rings is 1. The van der Waals surface area contributed by atoms with Gasteiger partial charge in [0.1, 0.15) is 0 Å². The third kappa shape index (κ3) is 3.96. The number of nitrogens with zero attached hydrogens (tertiary/aromatic N) is 1. The Labute approximate surface area is 122 Å². The molecule has 3 nitrogen and oxygen atoms in total. The van der Waals surface area contributed by atoms with Gasteiger partial charge in [0.2, 0.25) is 0 Å². The fraction of sp³-hybridized carbons (Fsp3) is 0.600. The standard InChI is InChI=1S/C15H21F3N2O/c1-21-10-11-6-7-20(9-11)14(8-19)12-2-4-13(5-3-12)15(16,17)18/h2-5,11,14H,6-10,19H2,1H3. The average molecular weight is 302 g/mol. The number of hydrogen-bond donors (Lipinski definition) is 1. The minimum atomic E-state index is -4.30. The molecule has 1 heterocycles. The Kier molecular flexibility index (Phi) is 5.24. The van der Waals surface area contributed by atoms with Gasteiger partial charge in [-0.1, -0.05) is 12.1 Å². The van der Waals surface area contributed by atoms with Gasteiger partial charge in [0.05, 0.1) is 12.2 Å². The van der Waals surface area contributed by atoms with Gasteiger partial charge in [0.15, 0.2) is 0 Å². The Bertz CT molecular complexity index is 447. The van der Waals surface area contributed by atoms with Crippen molar-refractivity contribution in [1.29, 1.82) is 0 Å². The maximum absolute atomic E-state index is 12.6. The molecule has 0 aliphatic carbocycles. The lowest BCUT2D eigenvalue weighted by Crippen LogP contribution is -2.32. The fourth-order valence-corrected chi connectivity index (χ4v) is 2.91. The number of ether oxygens (including phenoxy) is 1. The predicted octanol–water partition coefficient (Wildman–Crippen LogP) is 2.67. The van der Waals surface area contributed by atoms with Crippen LogP contribution >= 0.6 is 0 Å². The molecule has 1 fully saturated rings. The van der Waals surface area contributed by atoms with Gasteiger partial charge in [-0.2, -0.15) is 13.2 Å². The molecule has 118 valence electrons. The van der Waals surface area contributed by atoms with Crippen LogP contribution in [0.3, 0.4) is 0 Å². The Balaban J connectivity index is 2.08. The zero-order chi connectivity index (χ0) is 15.5. The largest absolute Gasteiger partial charge is 0.416 e. The van der Waals surface area contributed by atoms with Gasteiger partial charge >= 0.3 is 6.18 Å². The van der Waals surface area contributed by atoms with Gasteiger partial charge in [-0.25, -0.2) is 0 Å². The summed E-state index contributed by atoms with van der Waals surface area (Å²) in [6.07, 6.45) is -3.26. The van der Waals surface area contributed by atoms with Gasteiger partial charge in [-0.05, 0) is 36.6 Å². The summed E-state index contributed by atoms with van der Waals surface area (Å²) in [5.74, 6) is 0.471. The second-order valence-corrected chi connectivity index (χ2v) is 5.48. The van der Waals surface area contributed by atoms with E-state index in [1.807, 2.05) is 0 Å². The maximum atomic E-state index is 12.6. The molecular weight excluding hydrogens is 281 g/mol. The van der Waals surface area contributed by atoms with Crippen LogP contribution in [-0.2, 0) is 10.9 Å². The van der Waals surface area contributed by atoms with E-state index in [4.69, 9.17) is 10.5 Å². The van der Waals surface area contributed by atoms with Crippen molar-refractivity contribution in [2.75, 3.05) is 33.4 Å². The van der Waals surface area contributed by atoms with E-state index in [1.54, 1.807) is 7.11 Å². The first-order valence-corrected chi connectivity index (χ1v) is 7.06. The molecule has 0 radical (unpaired) electrons. The number of hydrogen-bond acceptors (Lipinski definition) is 3. The minimum Gasteiger partial charge on any atom is -0.384 e. The van der Waals surface area contributed by atoms with E-state index in [0.717, 1.165) is 37.2 Å². The van der Waals surface area contributed by atoms with Crippen molar-refractivity contribution in [3.8, 4) is 0 Å². The summed E-state index contributed by atoms with van der Waals surface area (Å²) in [5.41, 5.74) is 6.05. The fourth-order valence-electron chi connectivity index (χ4n) is 2.91. The number of likely N-dealkylation sites (tertiary alicyclic amines) is 1. The third-order valence-electron chi connectivity index (χ3n) is 4.01. The highest BCUT2D eigenvalue weighted by atomic mass is 19.4. The van der Waals surface area contributed by atoms with Crippen LogP contribution < -0.4 is 5.73 Å². The van der Waals surface area contributed by atoms with Crippen molar-refractivity contribution in [2.45, 2.75) is 18.6 Å². The average Bonchev–Trinajstić information content (AvgIpc) is 2.88. The van der Waals surface area contributed by atoms with E-state index in [-0.39, 0.29) is 6.04 Å². The Morgan fingerprint density at radius 1 is 1.33 bits per heavy atom. The molecule has 1 saturated heterocycles. The van der Waals surface area contributed by atoms with Gasteiger partial charge in [-0.3, -0.25) is 4.90 Å². The molecule has 1 aliphatic heterocycles. The summed E-state index contributed by atoms with van der Waals surface area (Å²) < 4.78 is 42.9. The lowest BCUT2D eigenvalue weighted by molar-refractivity contribution is -0.137. The highest BCUT2D eigenvalue weighted by molar-refractivity contribution is 5.27. The molecule has 1 aromatic carbocycles. The first-order valence-electron chi connectivity index (χ1n) is 7.06. The summed E-state index contributed by atoms with van der Waals surface area (Å²) in [4.78, 5) is 2.23. The van der Waals surface area contributed by atoms with Crippen molar-refractivity contribution in [3.63, 3.8) is 0 Å². The van der Waals surface area contributed by atoms with Crippen molar-refractivity contribution in [3.05, 3.63) is 35.4 Å². The van der Waals surface area contributed by atoms with Crippen LogP contribution in [0.1, 0.15) is 23.6 Å². The second-order valence-electron chi connectivity index (χ2n) is 5.48. The van der Waals surface area contributed by atoms with Crippen molar-refractivity contribution >= 4 is 0 Å². The zero-order valence-corrected chi connectivity index (χ0v) is 12.1. The van der Waals surface area contributed by atoms with Crippen LogP contribution in [0.4, 0.5) is 13.2 Å². The Hall–Kier alpha value is -1.11. The lowest BCUT2D eigenvalue weighted by atomic mass is 10.0. The predicted molar refractivity (Wildman–Crippen MR) is 74.8 cm³/mol. The van der Waals surface area contributed by atoms with Crippen molar-refractivity contribution in [2.24, 2.45) is 11.7 Å². The zero-order valence-electron chi connectivity index (χ0n) is 12.1. The molecule has 2 N–H and O–H groups in total. The molecule has 2 rings (SSSR count). The lowest BCUT2D eigenvalue weighted by Gasteiger charge is -2.27. The molecule has 1 aliphatic rings. The SMILES string of the molecule is COCC1CCN(C(CN)c2ccc(C(F)(F)F)cc2)C1. The molecule has 6 heteroatoms. The Morgan fingerprint density at radius 2 is 2.00 bits per heavy atom. The Morgan fingerprint density at radius 3 is 2.52 bits per heavy atom. The van der Waals surface area contributed by atoms with E-state index in [9.17, 15) is 13.2 Å². The number of halogens is 3. The van der Waals surface area contributed by atoms with Gasteiger partial charge in [-0.15, -0.1) is 0 Å². The van der Waals surface area contributed by atoms with E-state index >= 15 is 0 Å². The van der Waals surface area contributed by atoms with Crippen molar-refractivity contribution in [1.82, 2.24) is 4.90 Å². The summed E-state index contributed by atoms with van der Waals surface area (Å²) in [7, 11) is 1.68. The molecule has 2 atom stereocenters. The summed E-state index contributed by atoms with van der Waals surface area (Å²) in [6.45, 7) is 2.87. The maximum Gasteiger partial charge on any atom is 0.416 e. The smallest absolute Gasteiger partial charge is 0.384 e. The molecule has 0 bridgehead atoms. The summed E-state index contributed by atoms with van der Waals surface area (Å²) in [5, 5.41) is 0. The molecule has 0 aromatic heterocycles. The molecule has 0 saturated carbocycles. The van der Waals surface area contributed by atoms with Crippen LogP contribution in [0.5, 0.6) is 0 Å². The number of methoxy groups -OCH3 is 1. The van der Waals surface area contributed by atoms with Crippen molar-refractivity contribution < 1.29 is 17.9 Å². The molecule has 0 spiro atoms. The molecule has 0 amide bonds. The number of rotatable bonds is 5. The summed E-state index contributed by atoms with van der Waals surface area (Å²) >= 11 is 0. The quantitative estimate of drug-likeness (QED) is 0.909. The van der Waals surface area contributed by atoms with Crippen LogP contribution in [0.25, 0.3) is 0 Å². The molecular formula is C15H21F3N2O. The summed E-state index contributed by atoms with van der Waals surface area (Å²) in [6, 6.07) is 5.28. The van der Waals surface area contributed by atoms with Gasteiger partial charge < -0.3 is 10.5 Å². The molecule has 1 aromatic rings. The minimum absolute atomic E-state index is 0.0332. The topological polar surface area (TPSA) is 38.5 Å². The number of nitrogens with two attached hydrogens (primary N) is 1. The third-order valence-corrected chi connectivity index (χ3v) is 4.01. The van der Waals surface area contributed by atoms with Gasteiger partial charge in [0, 0.05) is 26.2 Å². The van der Waals surface area contributed by atoms with Crippen LogP contribution in [-0.4, -0.2) is 38.3 Å². The second kappa shape index (κ2) is 6.77. The van der Waals surface area contributed by atoms with Crippen LogP contribution in [0.2, 0.25) is 0 Å². The highest BCUT2D eigenvalue weighted by Crippen LogP contribution is 2.32. The molecule has 2 unspecified atom stereocenters. The van der Waals surface area contributed by atoms with Crippen LogP contribution in [0.15, 0.2) is 24.3 Å². The first kappa shape index (κ1) is 16.3. The first-order chi connectivity index (χ1) is 9.95. The monoisotopic (exact) mass is 302 g/mol. The number of alkyl halides is 3. The van der Waals surface area contributed by atoms with E-state index in [1.165, 1.54) is 12.1 Å². The van der Waals surface area contributed by atoms with Gasteiger partial charge in [0.25, 0.3) is 0 Å². The van der Waals surface area contributed by atoms with E-state index in [2.05, 4.69) is 4.90 Å². The van der Waals surface area contributed by atoms with E-state index < -0.39 is 11.7 Å². The normalized spacial score (nSPS) is 21.7. The highest BCUT2D eigenvalue weighted by Gasteiger charge is 2.31. The molecule has 21 heavy (non-hydrogen) atoms. The van der Waals surface area contributed by atoms with E-state index in [0.29, 0.717) is 19.1 Å².